The van der Waals surface area contributed by atoms with Gasteiger partial charge in [0.1, 0.15) is 11.8 Å². The fraction of sp³-hybridized carbons (Fsp3) is 0.333. The molecule has 0 aromatic heterocycles. The summed E-state index contributed by atoms with van der Waals surface area (Å²) in [6, 6.07) is 10.6. The number of hydrogen-bond donors (Lipinski definition) is 1. The van der Waals surface area contributed by atoms with Crippen LogP contribution in [0, 0.1) is 0 Å². The van der Waals surface area contributed by atoms with Crippen LogP contribution in [0.15, 0.2) is 42.5 Å². The van der Waals surface area contributed by atoms with Gasteiger partial charge in [-0.1, -0.05) is 29.8 Å². The topological polar surface area (TPSA) is 100 Å². The van der Waals surface area contributed by atoms with Crippen molar-refractivity contribution in [1.29, 1.82) is 0 Å². The van der Waals surface area contributed by atoms with E-state index in [0.717, 1.165) is 5.56 Å². The molecule has 168 valence electrons. The van der Waals surface area contributed by atoms with Gasteiger partial charge in [-0.3, -0.25) is 9.36 Å². The zero-order valence-electron chi connectivity index (χ0n) is 17.7. The minimum atomic E-state index is -3.21. The van der Waals surface area contributed by atoms with Crippen LogP contribution in [-0.2, 0) is 35.7 Å². The number of methoxy groups -OCH3 is 2. The first-order valence-corrected chi connectivity index (χ1v) is 11.4. The number of hydrogen-bond acceptors (Lipinski definition) is 7. The van der Waals surface area contributed by atoms with Crippen LogP contribution in [-0.4, -0.2) is 46.4 Å². The van der Waals surface area contributed by atoms with Gasteiger partial charge in [0.05, 0.1) is 25.4 Å². The predicted octanol–water partition coefficient (Wildman–Crippen LogP) is 3.85. The summed E-state index contributed by atoms with van der Waals surface area (Å²) in [5.41, 5.74) is 1.74. The fourth-order valence-electron chi connectivity index (χ4n) is 2.84. The number of rotatable bonds is 10. The van der Waals surface area contributed by atoms with Crippen LogP contribution in [0.25, 0.3) is 0 Å². The quantitative estimate of drug-likeness (QED) is 0.416. The van der Waals surface area contributed by atoms with Crippen molar-refractivity contribution >= 4 is 31.1 Å². The third-order valence-electron chi connectivity index (χ3n) is 4.60. The molecule has 0 heterocycles. The van der Waals surface area contributed by atoms with Crippen LogP contribution in [0.3, 0.4) is 0 Å². The van der Waals surface area contributed by atoms with E-state index in [-0.39, 0.29) is 12.6 Å². The van der Waals surface area contributed by atoms with Gasteiger partial charge in [0.2, 0.25) is 0 Å². The minimum absolute atomic E-state index is 0.0743. The number of benzene rings is 2. The van der Waals surface area contributed by atoms with Gasteiger partial charge in [-0.25, -0.2) is 4.79 Å². The number of ether oxygens (including phenoxy) is 2. The zero-order valence-corrected chi connectivity index (χ0v) is 19.4. The number of nitrogens with one attached hydrogen (secondary N) is 1. The number of carbonyl (C=O) groups is 2. The lowest BCUT2D eigenvalue weighted by Crippen LogP contribution is -2.43. The van der Waals surface area contributed by atoms with Gasteiger partial charge in [0.15, 0.2) is 0 Å². The van der Waals surface area contributed by atoms with E-state index >= 15 is 0 Å². The van der Waals surface area contributed by atoms with E-state index in [0.29, 0.717) is 21.9 Å². The molecule has 0 saturated heterocycles. The second kappa shape index (κ2) is 11.3. The first-order valence-electron chi connectivity index (χ1n) is 9.25. The summed E-state index contributed by atoms with van der Waals surface area (Å²) in [5, 5.41) is 3.08. The van der Waals surface area contributed by atoms with Crippen LogP contribution in [0.2, 0.25) is 5.02 Å². The van der Waals surface area contributed by atoms with Gasteiger partial charge in [-0.15, -0.1) is 0 Å². The summed E-state index contributed by atoms with van der Waals surface area (Å²) >= 11 is 6.14. The minimum Gasteiger partial charge on any atom is -0.495 e. The van der Waals surface area contributed by atoms with Gasteiger partial charge >= 0.3 is 13.6 Å². The van der Waals surface area contributed by atoms with Crippen LogP contribution in [0.1, 0.15) is 21.5 Å². The molecule has 0 aliphatic carbocycles. The van der Waals surface area contributed by atoms with E-state index in [1.807, 2.05) is 0 Å². The Kier molecular flexibility index (Phi) is 9.07. The maximum Gasteiger partial charge on any atom is 0.334 e. The molecular weight excluding hydrogens is 445 g/mol. The monoisotopic (exact) mass is 469 g/mol. The third-order valence-corrected chi connectivity index (χ3v) is 6.76. The van der Waals surface area contributed by atoms with E-state index in [1.165, 1.54) is 28.4 Å². The molecule has 0 saturated carbocycles. The maximum atomic E-state index is 12.7. The maximum absolute atomic E-state index is 12.7. The van der Waals surface area contributed by atoms with Gasteiger partial charge in [-0.05, 0) is 35.4 Å². The first-order chi connectivity index (χ1) is 14.7. The van der Waals surface area contributed by atoms with Crippen LogP contribution in [0.5, 0.6) is 5.75 Å². The average molecular weight is 470 g/mol. The van der Waals surface area contributed by atoms with E-state index < -0.39 is 25.5 Å². The lowest BCUT2D eigenvalue weighted by molar-refractivity contribution is -0.142. The molecule has 1 N–H and O–H groups in total. The van der Waals surface area contributed by atoms with Crippen LogP contribution < -0.4 is 10.1 Å². The highest BCUT2D eigenvalue weighted by Gasteiger charge is 2.24. The third kappa shape index (κ3) is 6.80. The fourth-order valence-corrected chi connectivity index (χ4v) is 4.18. The summed E-state index contributed by atoms with van der Waals surface area (Å²) in [7, 11) is 2.17. The smallest absolute Gasteiger partial charge is 0.334 e. The normalized spacial score (nSPS) is 12.2. The van der Waals surface area contributed by atoms with E-state index in [9.17, 15) is 14.2 Å². The number of esters is 1. The van der Waals surface area contributed by atoms with Gasteiger partial charge in [0, 0.05) is 26.2 Å². The molecule has 1 atom stereocenters. The van der Waals surface area contributed by atoms with Crippen molar-refractivity contribution in [2.24, 2.45) is 0 Å². The van der Waals surface area contributed by atoms with Crippen molar-refractivity contribution in [1.82, 2.24) is 5.32 Å². The Balaban J connectivity index is 2.12. The van der Waals surface area contributed by atoms with Gasteiger partial charge in [-0.2, -0.15) is 0 Å². The molecule has 2 aromatic carbocycles. The molecule has 1 amide bonds. The molecule has 2 aromatic rings. The summed E-state index contributed by atoms with van der Waals surface area (Å²) in [6.07, 6.45) is 0.260. The van der Waals surface area contributed by atoms with Crippen molar-refractivity contribution < 1.29 is 32.7 Å². The molecule has 0 aliphatic rings. The molecular formula is C21H25ClNO7P. The van der Waals surface area contributed by atoms with Gasteiger partial charge in [0.25, 0.3) is 5.91 Å². The second-order valence-electron chi connectivity index (χ2n) is 6.55. The van der Waals surface area contributed by atoms with Crippen molar-refractivity contribution in [2.45, 2.75) is 18.6 Å². The summed E-state index contributed by atoms with van der Waals surface area (Å²) in [5.74, 6) is -0.531. The van der Waals surface area contributed by atoms with E-state index in [2.05, 4.69) is 5.32 Å². The molecule has 8 nitrogen and oxygen atoms in total. The Morgan fingerprint density at radius 3 is 2.13 bits per heavy atom. The van der Waals surface area contributed by atoms with Crippen molar-refractivity contribution in [2.75, 3.05) is 28.4 Å². The van der Waals surface area contributed by atoms with Crippen molar-refractivity contribution in [3.63, 3.8) is 0 Å². The molecule has 0 bridgehead atoms. The van der Waals surface area contributed by atoms with Crippen molar-refractivity contribution in [3.8, 4) is 5.75 Å². The van der Waals surface area contributed by atoms with E-state index in [1.54, 1.807) is 42.5 Å². The Labute approximate surface area is 186 Å². The standard InChI is InChI=1S/C21H25ClNO7P/c1-27-19-10-7-15(11-17(19)22)12-18(21(25)28-2)23-20(24)16-8-5-14(6-9-16)13-31(26,29-3)30-4/h5-11,18H,12-13H2,1-4H3,(H,23,24)/t18-/m0/s1. The van der Waals surface area contributed by atoms with Crippen LogP contribution >= 0.6 is 19.2 Å². The summed E-state index contributed by atoms with van der Waals surface area (Å²) in [4.78, 5) is 24.9. The molecule has 0 spiro atoms. The number of carbonyl (C=O) groups excluding carboxylic acids is 2. The zero-order chi connectivity index (χ0) is 23.0. The molecule has 0 aliphatic heterocycles. The van der Waals surface area contributed by atoms with Gasteiger partial charge < -0.3 is 23.8 Å². The Morgan fingerprint density at radius 2 is 1.61 bits per heavy atom. The highest BCUT2D eigenvalue weighted by Crippen LogP contribution is 2.49. The summed E-state index contributed by atoms with van der Waals surface area (Å²) < 4.78 is 32.0. The number of halogens is 1. The Morgan fingerprint density at radius 1 is 1.00 bits per heavy atom. The summed E-state index contributed by atoms with van der Waals surface area (Å²) in [6.45, 7) is 0. The molecule has 0 unspecified atom stereocenters. The second-order valence-corrected chi connectivity index (χ2v) is 9.23. The number of amides is 1. The predicted molar refractivity (Wildman–Crippen MR) is 117 cm³/mol. The largest absolute Gasteiger partial charge is 0.495 e. The molecule has 0 radical (unpaired) electrons. The highest BCUT2D eigenvalue weighted by atomic mass is 35.5. The molecule has 31 heavy (non-hydrogen) atoms. The lowest BCUT2D eigenvalue weighted by atomic mass is 10.0. The van der Waals surface area contributed by atoms with Crippen molar-refractivity contribution in [3.05, 3.63) is 64.2 Å². The highest BCUT2D eigenvalue weighted by molar-refractivity contribution is 7.52. The first kappa shape index (κ1) is 24.9. The SMILES string of the molecule is COC(=O)[C@H](Cc1ccc(OC)c(Cl)c1)NC(=O)c1ccc(CP(=O)(OC)OC)cc1. The average Bonchev–Trinajstić information content (AvgIpc) is 2.78. The van der Waals surface area contributed by atoms with Crippen LogP contribution in [0.4, 0.5) is 0 Å². The molecule has 0 fully saturated rings. The Bertz CT molecular complexity index is 957. The Hall–Kier alpha value is -2.38. The van der Waals surface area contributed by atoms with E-state index in [4.69, 9.17) is 30.1 Å². The molecule has 2 rings (SSSR count). The molecule has 10 heteroatoms. The lowest BCUT2D eigenvalue weighted by Gasteiger charge is -2.17.